The van der Waals surface area contributed by atoms with Gasteiger partial charge in [-0.3, -0.25) is 14.9 Å². The van der Waals surface area contributed by atoms with Crippen molar-refractivity contribution in [3.8, 4) is 5.75 Å². The Morgan fingerprint density at radius 2 is 1.86 bits per heavy atom. The highest BCUT2D eigenvalue weighted by Gasteiger charge is 2.16. The number of hydrogen-bond donors (Lipinski definition) is 2. The molecule has 0 fully saturated rings. The van der Waals surface area contributed by atoms with Gasteiger partial charge in [-0.1, -0.05) is 0 Å². The molecule has 0 bridgehead atoms. The number of carboxylic acid groups (broad SMARTS) is 1. The third kappa shape index (κ3) is 3.56. The number of nitrogens with zero attached hydrogens (tertiary/aromatic N) is 2. The van der Waals surface area contributed by atoms with Gasteiger partial charge in [-0.05, 0) is 55.5 Å². The van der Waals surface area contributed by atoms with Crippen LogP contribution in [0.1, 0.15) is 38.9 Å². The number of nitro benzene ring substituents is 1. The van der Waals surface area contributed by atoms with E-state index in [4.69, 9.17) is 5.11 Å². The van der Waals surface area contributed by atoms with E-state index in [9.17, 15) is 24.8 Å². The highest BCUT2D eigenvalue weighted by Crippen LogP contribution is 2.28. The number of benzene rings is 2. The first-order valence-electron chi connectivity index (χ1n) is 8.11. The van der Waals surface area contributed by atoms with Crippen molar-refractivity contribution in [3.05, 3.63) is 75.0 Å². The predicted octanol–water partition coefficient (Wildman–Crippen LogP) is 3.92. The Morgan fingerprint density at radius 1 is 1.11 bits per heavy atom. The van der Waals surface area contributed by atoms with E-state index in [0.717, 1.165) is 6.07 Å². The number of carbonyl (C=O) groups is 2. The number of nitro groups is 1. The number of aromatic nitrogens is 1. The molecule has 3 rings (SSSR count). The van der Waals surface area contributed by atoms with Gasteiger partial charge in [0, 0.05) is 17.0 Å². The third-order valence-electron chi connectivity index (χ3n) is 4.14. The van der Waals surface area contributed by atoms with Crippen LogP contribution in [0.3, 0.4) is 0 Å². The molecule has 0 saturated heterocycles. The molecule has 2 N–H and O–H groups in total. The van der Waals surface area contributed by atoms with Crippen molar-refractivity contribution >= 4 is 40.5 Å². The zero-order valence-corrected chi connectivity index (χ0v) is 14.6. The molecule has 0 aliphatic carbocycles. The van der Waals surface area contributed by atoms with Gasteiger partial charge in [-0.15, -0.1) is 0 Å². The summed E-state index contributed by atoms with van der Waals surface area (Å²) in [7, 11) is 0. The van der Waals surface area contributed by atoms with Gasteiger partial charge < -0.3 is 10.2 Å². The summed E-state index contributed by atoms with van der Waals surface area (Å²) in [6.07, 6.45) is 2.94. The number of carbonyl (C=O) groups excluding carboxylic acids is 1. The van der Waals surface area contributed by atoms with E-state index < -0.39 is 10.9 Å². The van der Waals surface area contributed by atoms with Crippen molar-refractivity contribution in [1.82, 2.24) is 4.98 Å². The number of Topliss-reactive ketones (excluding diaryl/α,β-unsaturated/α-hetero) is 1. The van der Waals surface area contributed by atoms with Crippen molar-refractivity contribution in [1.29, 1.82) is 0 Å². The lowest BCUT2D eigenvalue weighted by molar-refractivity contribution is -0.385. The van der Waals surface area contributed by atoms with Crippen molar-refractivity contribution in [3.63, 3.8) is 0 Å². The number of hydrogen-bond acceptors (Lipinski definition) is 6. The number of aromatic hydroxyl groups is 1. The van der Waals surface area contributed by atoms with E-state index in [1.165, 1.54) is 43.3 Å². The zero-order chi connectivity index (χ0) is 20.4. The van der Waals surface area contributed by atoms with Crippen LogP contribution >= 0.6 is 0 Å². The number of fused-ring (bicyclic) bond motifs is 1. The highest BCUT2D eigenvalue weighted by atomic mass is 16.6. The maximum absolute atomic E-state index is 11.7. The minimum absolute atomic E-state index is 0.0907. The topological polar surface area (TPSA) is 131 Å². The van der Waals surface area contributed by atoms with Crippen molar-refractivity contribution in [2.24, 2.45) is 0 Å². The molecule has 0 aliphatic heterocycles. The Hall–Kier alpha value is -4.07. The fourth-order valence-corrected chi connectivity index (χ4v) is 2.77. The first-order valence-corrected chi connectivity index (χ1v) is 8.11. The molecule has 8 heteroatoms. The van der Waals surface area contributed by atoms with Crippen LogP contribution < -0.4 is 0 Å². The van der Waals surface area contributed by atoms with Gasteiger partial charge >= 0.3 is 5.97 Å². The van der Waals surface area contributed by atoms with Crippen LogP contribution in [0.4, 0.5) is 5.69 Å². The molecule has 3 aromatic rings. The standard InChI is InChI=1S/C20H14N2O6/c1-11(23)15-8-9-18(24)19-16(15)7-6-14(21-19)5-4-12-2-3-13(20(25)26)10-17(12)22(27)28/h2-10,24H,1H3,(H,25,26). The van der Waals surface area contributed by atoms with Crippen LogP contribution in [0.2, 0.25) is 0 Å². The molecule has 0 saturated carbocycles. The molecule has 0 spiro atoms. The third-order valence-corrected chi connectivity index (χ3v) is 4.14. The molecule has 8 nitrogen and oxygen atoms in total. The van der Waals surface area contributed by atoms with Gasteiger partial charge in [0.25, 0.3) is 5.69 Å². The van der Waals surface area contributed by atoms with Gasteiger partial charge in [0.05, 0.1) is 21.7 Å². The van der Waals surface area contributed by atoms with Crippen LogP contribution in [-0.2, 0) is 0 Å². The highest BCUT2D eigenvalue weighted by molar-refractivity contribution is 6.07. The number of rotatable bonds is 5. The second-order valence-electron chi connectivity index (χ2n) is 5.99. The van der Waals surface area contributed by atoms with E-state index in [2.05, 4.69) is 4.98 Å². The molecule has 0 aliphatic rings. The fourth-order valence-electron chi connectivity index (χ4n) is 2.77. The van der Waals surface area contributed by atoms with Gasteiger partial charge in [0.1, 0.15) is 11.3 Å². The van der Waals surface area contributed by atoms with Crippen molar-refractivity contribution in [2.75, 3.05) is 0 Å². The van der Waals surface area contributed by atoms with E-state index in [1.54, 1.807) is 12.1 Å². The number of pyridine rings is 1. The number of phenolic OH excluding ortho intramolecular Hbond substituents is 1. The van der Waals surface area contributed by atoms with Gasteiger partial charge in [0.2, 0.25) is 0 Å². The van der Waals surface area contributed by atoms with E-state index in [-0.39, 0.29) is 33.9 Å². The SMILES string of the molecule is CC(=O)c1ccc(O)c2nc(C=Cc3ccc(C(=O)O)cc3[N+](=O)[O-])ccc12. The maximum atomic E-state index is 11.7. The average Bonchev–Trinajstić information content (AvgIpc) is 2.66. The minimum Gasteiger partial charge on any atom is -0.506 e. The summed E-state index contributed by atoms with van der Waals surface area (Å²) in [6, 6.07) is 9.75. The largest absolute Gasteiger partial charge is 0.506 e. The second-order valence-corrected chi connectivity index (χ2v) is 5.99. The Bertz CT molecular complexity index is 1170. The van der Waals surface area contributed by atoms with Crippen LogP contribution in [0.5, 0.6) is 5.75 Å². The van der Waals surface area contributed by atoms with Crippen LogP contribution in [0.25, 0.3) is 23.1 Å². The summed E-state index contributed by atoms with van der Waals surface area (Å²) < 4.78 is 0. The second kappa shape index (κ2) is 7.28. The number of aromatic carboxylic acids is 1. The normalized spacial score (nSPS) is 11.0. The predicted molar refractivity (Wildman–Crippen MR) is 102 cm³/mol. The molecule has 0 atom stereocenters. The van der Waals surface area contributed by atoms with E-state index >= 15 is 0 Å². The number of carboxylic acids is 1. The number of ketones is 1. The maximum Gasteiger partial charge on any atom is 0.335 e. The summed E-state index contributed by atoms with van der Waals surface area (Å²) in [6.45, 7) is 1.42. The van der Waals surface area contributed by atoms with Gasteiger partial charge in [-0.2, -0.15) is 0 Å². The van der Waals surface area contributed by atoms with Crippen molar-refractivity contribution in [2.45, 2.75) is 6.92 Å². The fraction of sp³-hybridized carbons (Fsp3) is 0.0500. The summed E-state index contributed by atoms with van der Waals surface area (Å²) >= 11 is 0. The smallest absolute Gasteiger partial charge is 0.335 e. The Balaban J connectivity index is 2.04. The average molecular weight is 378 g/mol. The summed E-state index contributed by atoms with van der Waals surface area (Å²) in [5, 5.41) is 30.8. The lowest BCUT2D eigenvalue weighted by Gasteiger charge is -2.06. The Labute approximate surface area is 158 Å². The van der Waals surface area contributed by atoms with Crippen molar-refractivity contribution < 1.29 is 24.7 Å². The van der Waals surface area contributed by atoms with Crippen LogP contribution in [-0.4, -0.2) is 31.9 Å². The van der Waals surface area contributed by atoms with Gasteiger partial charge in [0.15, 0.2) is 5.78 Å². The first-order chi connectivity index (χ1) is 13.3. The summed E-state index contributed by atoms with van der Waals surface area (Å²) in [4.78, 5) is 37.6. The van der Waals surface area contributed by atoms with Gasteiger partial charge in [-0.25, -0.2) is 9.78 Å². The quantitative estimate of drug-likeness (QED) is 0.391. The number of phenols is 1. The first kappa shape index (κ1) is 18.7. The molecule has 0 amide bonds. The molecular weight excluding hydrogens is 364 g/mol. The lowest BCUT2D eigenvalue weighted by Crippen LogP contribution is -1.99. The Morgan fingerprint density at radius 3 is 2.50 bits per heavy atom. The molecule has 0 radical (unpaired) electrons. The lowest BCUT2D eigenvalue weighted by atomic mass is 10.0. The van der Waals surface area contributed by atoms with E-state index in [0.29, 0.717) is 16.6 Å². The molecule has 1 aromatic heterocycles. The van der Waals surface area contributed by atoms with Crippen LogP contribution in [0, 0.1) is 10.1 Å². The minimum atomic E-state index is -1.26. The molecule has 1 heterocycles. The van der Waals surface area contributed by atoms with Crippen LogP contribution in [0.15, 0.2) is 42.5 Å². The molecule has 28 heavy (non-hydrogen) atoms. The zero-order valence-electron chi connectivity index (χ0n) is 14.6. The summed E-state index contributed by atoms with van der Waals surface area (Å²) in [5.41, 5.74) is 0.744. The van der Waals surface area contributed by atoms with E-state index in [1.807, 2.05) is 0 Å². The molecule has 0 unspecified atom stereocenters. The monoisotopic (exact) mass is 378 g/mol. The molecule has 140 valence electrons. The Kier molecular flexibility index (Phi) is 4.86. The summed E-state index contributed by atoms with van der Waals surface area (Å²) in [5.74, 6) is -1.51. The molecule has 2 aromatic carbocycles. The molecular formula is C20H14N2O6.